The number of unbranched alkanes of at least 4 members (excludes halogenated alkanes) is 8. The molecule has 316 valence electrons. The SMILES string of the molecule is [C-]#[N+]c1c(N=Nc2ccc(N(CCCCCC)CCOCCOCCOCCOCCOC(=O)CC(CCCCCCCC)C(=O)OC)cc2C)sc(C#N)c1C. The Bertz CT molecular complexity index is 1550. The highest BCUT2D eigenvalue weighted by Crippen LogP contribution is 2.42. The summed E-state index contributed by atoms with van der Waals surface area (Å²) in [6.45, 7) is 20.8. The number of thiophene rings is 1. The molecule has 2 rings (SSSR count). The van der Waals surface area contributed by atoms with Crippen LogP contribution in [0.4, 0.5) is 22.1 Å². The fraction of sp³-hybridized carbons (Fsp3) is 0.674. The molecule has 0 aliphatic heterocycles. The highest BCUT2D eigenvalue weighted by atomic mass is 32.1. The maximum Gasteiger partial charge on any atom is 0.309 e. The quantitative estimate of drug-likeness (QED) is 0.0295. The van der Waals surface area contributed by atoms with Crippen LogP contribution in [0.1, 0.15) is 107 Å². The van der Waals surface area contributed by atoms with Crippen LogP contribution < -0.4 is 4.90 Å². The lowest BCUT2D eigenvalue weighted by atomic mass is 9.97. The fourth-order valence-electron chi connectivity index (χ4n) is 5.99. The van der Waals surface area contributed by atoms with Crippen molar-refractivity contribution in [3.63, 3.8) is 0 Å². The van der Waals surface area contributed by atoms with E-state index in [1.165, 1.54) is 57.0 Å². The van der Waals surface area contributed by atoms with Crippen molar-refractivity contribution in [2.45, 2.75) is 105 Å². The molecular weight excluding hydrogens is 747 g/mol. The third-order valence-electron chi connectivity index (χ3n) is 9.35. The topological polar surface area (TPSA) is 146 Å². The van der Waals surface area contributed by atoms with Crippen LogP contribution in [0.25, 0.3) is 4.85 Å². The van der Waals surface area contributed by atoms with E-state index in [0.29, 0.717) is 73.8 Å². The van der Waals surface area contributed by atoms with Crippen molar-refractivity contribution >= 4 is 45.3 Å². The van der Waals surface area contributed by atoms with E-state index in [0.717, 1.165) is 55.7 Å². The molecular formula is C43H65N5O8S. The number of esters is 2. The second-order valence-corrected chi connectivity index (χ2v) is 14.8. The van der Waals surface area contributed by atoms with E-state index in [1.807, 2.05) is 19.1 Å². The van der Waals surface area contributed by atoms with Gasteiger partial charge in [-0.05, 0) is 56.0 Å². The average Bonchev–Trinajstić information content (AvgIpc) is 3.53. The van der Waals surface area contributed by atoms with E-state index in [1.54, 1.807) is 6.92 Å². The number of benzene rings is 1. The van der Waals surface area contributed by atoms with Crippen molar-refractivity contribution in [3.05, 3.63) is 45.6 Å². The molecule has 1 aromatic heterocycles. The van der Waals surface area contributed by atoms with Crippen LogP contribution in [-0.2, 0) is 38.0 Å². The molecule has 14 heteroatoms. The molecule has 0 saturated carbocycles. The van der Waals surface area contributed by atoms with Crippen molar-refractivity contribution in [1.82, 2.24) is 0 Å². The molecule has 0 spiro atoms. The predicted octanol–water partition coefficient (Wildman–Crippen LogP) is 10.1. The van der Waals surface area contributed by atoms with E-state index < -0.39 is 11.9 Å². The van der Waals surface area contributed by atoms with Gasteiger partial charge in [-0.15, -0.1) is 11.3 Å². The van der Waals surface area contributed by atoms with Gasteiger partial charge in [0.25, 0.3) is 0 Å². The van der Waals surface area contributed by atoms with Gasteiger partial charge in [0.15, 0.2) is 0 Å². The third kappa shape index (κ3) is 20.4. The second kappa shape index (κ2) is 31.1. The maximum atomic E-state index is 12.3. The number of carbonyl (C=O) groups excluding carboxylic acids is 2. The molecule has 0 bridgehead atoms. The molecule has 1 atom stereocenters. The molecule has 1 aromatic carbocycles. The zero-order valence-electron chi connectivity index (χ0n) is 35.0. The number of nitrogens with zero attached hydrogens (tertiary/aromatic N) is 5. The Labute approximate surface area is 344 Å². The number of hydrogen-bond donors (Lipinski definition) is 0. The van der Waals surface area contributed by atoms with Gasteiger partial charge in [0.1, 0.15) is 17.7 Å². The first kappa shape index (κ1) is 49.2. The molecule has 0 aliphatic rings. The summed E-state index contributed by atoms with van der Waals surface area (Å²) >= 11 is 1.19. The summed E-state index contributed by atoms with van der Waals surface area (Å²) in [5.41, 5.74) is 3.81. The number of methoxy groups -OCH3 is 1. The summed E-state index contributed by atoms with van der Waals surface area (Å²) in [5, 5.41) is 18.5. The minimum Gasteiger partial charge on any atom is -0.469 e. The predicted molar refractivity (Wildman–Crippen MR) is 224 cm³/mol. The number of nitriles is 1. The van der Waals surface area contributed by atoms with Gasteiger partial charge in [0.2, 0.25) is 5.69 Å². The minimum absolute atomic E-state index is 0.0224. The summed E-state index contributed by atoms with van der Waals surface area (Å²) in [5.74, 6) is -1.25. The number of carbonyl (C=O) groups is 2. The van der Waals surface area contributed by atoms with E-state index in [4.69, 9.17) is 35.0 Å². The van der Waals surface area contributed by atoms with Gasteiger partial charge in [0.05, 0.1) is 89.4 Å². The van der Waals surface area contributed by atoms with E-state index in [2.05, 4.69) is 46.0 Å². The van der Waals surface area contributed by atoms with E-state index >= 15 is 0 Å². The van der Waals surface area contributed by atoms with Gasteiger partial charge in [-0.25, -0.2) is 4.85 Å². The number of rotatable bonds is 33. The van der Waals surface area contributed by atoms with E-state index in [-0.39, 0.29) is 25.6 Å². The maximum absolute atomic E-state index is 12.3. The molecule has 0 aliphatic carbocycles. The standard InChI is InChI=1S/C43H65N5O8S/c1-7-9-11-13-14-15-17-36(43(50)51-6)32-40(49)56-30-29-55-28-27-54-26-25-53-24-23-52-22-21-48(20-16-12-10-8-2)37-18-19-38(34(3)31-37)46-47-42-41(45-5)35(4)39(33-44)57-42/h18-19,31,36H,7-17,20-30,32H2,1-4,6H3. The molecule has 13 nitrogen and oxygen atoms in total. The zero-order valence-corrected chi connectivity index (χ0v) is 35.8. The molecule has 0 radical (unpaired) electrons. The first-order chi connectivity index (χ1) is 27.8. The monoisotopic (exact) mass is 811 g/mol. The minimum atomic E-state index is -0.469. The number of hydrogen-bond acceptors (Lipinski definition) is 13. The van der Waals surface area contributed by atoms with Crippen LogP contribution in [0.3, 0.4) is 0 Å². The van der Waals surface area contributed by atoms with Crippen LogP contribution in [0.2, 0.25) is 0 Å². The first-order valence-corrected chi connectivity index (χ1v) is 21.3. The van der Waals surface area contributed by atoms with Crippen molar-refractivity contribution < 1.29 is 38.0 Å². The highest BCUT2D eigenvalue weighted by molar-refractivity contribution is 7.17. The summed E-state index contributed by atoms with van der Waals surface area (Å²) in [4.78, 5) is 30.7. The molecule has 0 N–H and O–H groups in total. The largest absolute Gasteiger partial charge is 0.469 e. The zero-order chi connectivity index (χ0) is 41.5. The molecule has 0 fully saturated rings. The lowest BCUT2D eigenvalue weighted by molar-refractivity contribution is -0.154. The van der Waals surface area contributed by atoms with Crippen molar-refractivity contribution in [1.29, 1.82) is 5.26 Å². The molecule has 2 aromatic rings. The van der Waals surface area contributed by atoms with Gasteiger partial charge >= 0.3 is 11.9 Å². The Kier molecular flexibility index (Phi) is 26.9. The summed E-state index contributed by atoms with van der Waals surface area (Å²) in [6.07, 6.45) is 12.0. The molecule has 1 unspecified atom stereocenters. The fourth-order valence-corrected chi connectivity index (χ4v) is 6.86. The molecule has 0 amide bonds. The summed E-state index contributed by atoms with van der Waals surface area (Å²) in [6, 6.07) is 8.22. The lowest BCUT2D eigenvalue weighted by Crippen LogP contribution is -2.29. The Morgan fingerprint density at radius 1 is 0.825 bits per heavy atom. The van der Waals surface area contributed by atoms with Gasteiger partial charge in [-0.3, -0.25) is 9.59 Å². The highest BCUT2D eigenvalue weighted by Gasteiger charge is 2.23. The third-order valence-corrected chi connectivity index (χ3v) is 10.4. The Morgan fingerprint density at radius 3 is 2.02 bits per heavy atom. The summed E-state index contributed by atoms with van der Waals surface area (Å²) < 4.78 is 32.8. The normalized spacial score (nSPS) is 11.7. The second-order valence-electron chi connectivity index (χ2n) is 13.8. The molecule has 0 saturated heterocycles. The van der Waals surface area contributed by atoms with Crippen molar-refractivity contribution in [2.24, 2.45) is 16.1 Å². The van der Waals surface area contributed by atoms with Crippen molar-refractivity contribution in [3.8, 4) is 6.07 Å². The van der Waals surface area contributed by atoms with E-state index in [9.17, 15) is 14.9 Å². The van der Waals surface area contributed by atoms with Gasteiger partial charge in [-0.2, -0.15) is 15.5 Å². The summed E-state index contributed by atoms with van der Waals surface area (Å²) in [7, 11) is 1.35. The lowest BCUT2D eigenvalue weighted by Gasteiger charge is -2.25. The number of anilines is 1. The average molecular weight is 812 g/mol. The van der Waals surface area contributed by atoms with Crippen LogP contribution in [0.5, 0.6) is 0 Å². The smallest absolute Gasteiger partial charge is 0.309 e. The van der Waals surface area contributed by atoms with Gasteiger partial charge in [-0.1, -0.05) is 71.6 Å². The molecule has 57 heavy (non-hydrogen) atoms. The van der Waals surface area contributed by atoms with Crippen LogP contribution >= 0.6 is 11.3 Å². The Hall–Kier alpha value is -3.92. The van der Waals surface area contributed by atoms with Crippen molar-refractivity contribution in [2.75, 3.05) is 84.6 Å². The van der Waals surface area contributed by atoms with Crippen LogP contribution in [0.15, 0.2) is 28.4 Å². The van der Waals surface area contributed by atoms with Crippen LogP contribution in [-0.4, -0.2) is 91.6 Å². The number of aryl methyl sites for hydroxylation is 1. The molecule has 1 heterocycles. The number of ether oxygens (including phenoxy) is 6. The Balaban J connectivity index is 1.61. The van der Waals surface area contributed by atoms with Crippen LogP contribution in [0, 0.1) is 37.7 Å². The Morgan fingerprint density at radius 2 is 1.42 bits per heavy atom. The first-order valence-electron chi connectivity index (χ1n) is 20.5. The van der Waals surface area contributed by atoms with Gasteiger partial charge < -0.3 is 33.3 Å². The van der Waals surface area contributed by atoms with Gasteiger partial charge in [0, 0.05) is 18.8 Å². The number of azo groups is 1.